The predicted octanol–water partition coefficient (Wildman–Crippen LogP) is 1.96. The van der Waals surface area contributed by atoms with Gasteiger partial charge in [0.25, 0.3) is 5.69 Å². The first-order valence-corrected chi connectivity index (χ1v) is 5.00. The number of non-ortho nitro benzene ring substituents is 1. The Labute approximate surface area is 101 Å². The molecule has 8 heteroatoms. The largest absolute Gasteiger partial charge is 0.405 e. The van der Waals surface area contributed by atoms with Crippen LogP contribution in [0.4, 0.5) is 24.5 Å². The zero-order valence-electron chi connectivity index (χ0n) is 9.22. The second-order valence-corrected chi connectivity index (χ2v) is 3.54. The zero-order valence-corrected chi connectivity index (χ0v) is 9.22. The van der Waals surface area contributed by atoms with Gasteiger partial charge in [-0.3, -0.25) is 10.1 Å². The van der Waals surface area contributed by atoms with Gasteiger partial charge >= 0.3 is 6.18 Å². The molecule has 1 N–H and O–H groups in total. The maximum atomic E-state index is 12.3. The summed E-state index contributed by atoms with van der Waals surface area (Å²) in [4.78, 5) is 10.7. The second-order valence-electron chi connectivity index (χ2n) is 3.54. The van der Waals surface area contributed by atoms with E-state index in [2.05, 4.69) is 0 Å². The van der Waals surface area contributed by atoms with Crippen molar-refractivity contribution in [2.24, 2.45) is 0 Å². The van der Waals surface area contributed by atoms with Crippen LogP contribution in [-0.4, -0.2) is 35.9 Å². The van der Waals surface area contributed by atoms with Gasteiger partial charge in [0.1, 0.15) is 6.54 Å². The summed E-state index contributed by atoms with van der Waals surface area (Å²) < 4.78 is 36.9. The number of nitro groups is 1. The third kappa shape index (κ3) is 4.21. The molecule has 18 heavy (non-hydrogen) atoms. The Morgan fingerprint density at radius 2 is 2.06 bits per heavy atom. The highest BCUT2D eigenvalue weighted by atomic mass is 19.4. The topological polar surface area (TPSA) is 66.6 Å². The van der Waals surface area contributed by atoms with Crippen LogP contribution in [0.15, 0.2) is 24.3 Å². The van der Waals surface area contributed by atoms with Crippen molar-refractivity contribution in [3.8, 4) is 0 Å². The Morgan fingerprint density at radius 3 is 2.56 bits per heavy atom. The van der Waals surface area contributed by atoms with Crippen LogP contribution in [0, 0.1) is 10.1 Å². The number of hydrogen-bond acceptors (Lipinski definition) is 4. The zero-order chi connectivity index (χ0) is 13.8. The Bertz CT molecular complexity index is 423. The summed E-state index contributed by atoms with van der Waals surface area (Å²) in [5, 5.41) is 19.3. The van der Waals surface area contributed by atoms with E-state index < -0.39 is 24.3 Å². The van der Waals surface area contributed by atoms with Crippen molar-refractivity contribution in [1.29, 1.82) is 0 Å². The number of nitrogens with zero attached hydrogens (tertiary/aromatic N) is 2. The smallest absolute Gasteiger partial charge is 0.395 e. The van der Waals surface area contributed by atoms with Gasteiger partial charge in [0.05, 0.1) is 11.5 Å². The number of alkyl halides is 3. The van der Waals surface area contributed by atoms with Crippen LogP contribution in [0.25, 0.3) is 0 Å². The minimum absolute atomic E-state index is 0.0515. The molecule has 100 valence electrons. The van der Waals surface area contributed by atoms with Gasteiger partial charge < -0.3 is 10.0 Å². The van der Waals surface area contributed by atoms with E-state index in [-0.39, 0.29) is 17.9 Å². The first-order valence-electron chi connectivity index (χ1n) is 5.00. The number of aliphatic hydroxyl groups excluding tert-OH is 1. The van der Waals surface area contributed by atoms with Crippen molar-refractivity contribution in [1.82, 2.24) is 0 Å². The van der Waals surface area contributed by atoms with E-state index in [1.165, 1.54) is 18.2 Å². The maximum absolute atomic E-state index is 12.3. The van der Waals surface area contributed by atoms with Crippen LogP contribution in [-0.2, 0) is 0 Å². The number of nitro benzene ring substituents is 1. The summed E-state index contributed by atoms with van der Waals surface area (Å²) in [6.45, 7) is -1.99. The monoisotopic (exact) mass is 264 g/mol. The number of hydrogen-bond donors (Lipinski definition) is 1. The highest BCUT2D eigenvalue weighted by molar-refractivity contribution is 5.53. The normalized spacial score (nSPS) is 11.3. The van der Waals surface area contributed by atoms with Crippen LogP contribution in [0.3, 0.4) is 0 Å². The quantitative estimate of drug-likeness (QED) is 0.652. The molecule has 0 amide bonds. The lowest BCUT2D eigenvalue weighted by Crippen LogP contribution is -2.36. The van der Waals surface area contributed by atoms with Gasteiger partial charge in [-0.25, -0.2) is 0 Å². The van der Waals surface area contributed by atoms with Crippen molar-refractivity contribution in [2.45, 2.75) is 6.18 Å². The SMILES string of the molecule is O=[N+]([O-])c1cccc(N(CCO)CC(F)(F)F)c1. The van der Waals surface area contributed by atoms with E-state index >= 15 is 0 Å². The summed E-state index contributed by atoms with van der Waals surface area (Å²) in [7, 11) is 0. The maximum Gasteiger partial charge on any atom is 0.405 e. The summed E-state index contributed by atoms with van der Waals surface area (Å²) in [6.07, 6.45) is -4.44. The van der Waals surface area contributed by atoms with E-state index in [9.17, 15) is 23.3 Å². The molecule has 1 aromatic rings. The van der Waals surface area contributed by atoms with Gasteiger partial charge in [-0.2, -0.15) is 13.2 Å². The minimum Gasteiger partial charge on any atom is -0.395 e. The fourth-order valence-electron chi connectivity index (χ4n) is 1.44. The molecule has 0 saturated carbocycles. The van der Waals surface area contributed by atoms with E-state index in [1.807, 2.05) is 0 Å². The lowest BCUT2D eigenvalue weighted by Gasteiger charge is -2.24. The summed E-state index contributed by atoms with van der Waals surface area (Å²) in [5.74, 6) is 0. The lowest BCUT2D eigenvalue weighted by molar-refractivity contribution is -0.384. The molecule has 0 atom stereocenters. The second kappa shape index (κ2) is 5.67. The summed E-state index contributed by atoms with van der Waals surface area (Å²) >= 11 is 0. The van der Waals surface area contributed by atoms with Crippen molar-refractivity contribution in [3.05, 3.63) is 34.4 Å². The Kier molecular flexibility index (Phi) is 4.49. The number of aliphatic hydroxyl groups is 1. The fourth-order valence-corrected chi connectivity index (χ4v) is 1.44. The lowest BCUT2D eigenvalue weighted by atomic mass is 10.2. The minimum atomic E-state index is -4.44. The predicted molar refractivity (Wildman–Crippen MR) is 58.5 cm³/mol. The van der Waals surface area contributed by atoms with Crippen molar-refractivity contribution >= 4 is 11.4 Å². The van der Waals surface area contributed by atoms with Gasteiger partial charge in [-0.05, 0) is 6.07 Å². The van der Waals surface area contributed by atoms with E-state index in [0.717, 1.165) is 11.0 Å². The molecule has 0 radical (unpaired) electrons. The van der Waals surface area contributed by atoms with Crippen LogP contribution < -0.4 is 4.90 Å². The molecule has 0 bridgehead atoms. The average Bonchev–Trinajstić information content (AvgIpc) is 2.27. The van der Waals surface area contributed by atoms with E-state index in [0.29, 0.717) is 0 Å². The molecule has 0 aromatic heterocycles. The van der Waals surface area contributed by atoms with Crippen LogP contribution in [0.1, 0.15) is 0 Å². The van der Waals surface area contributed by atoms with Crippen molar-refractivity contribution < 1.29 is 23.2 Å². The van der Waals surface area contributed by atoms with Gasteiger partial charge in [0.2, 0.25) is 0 Å². The third-order valence-corrected chi connectivity index (χ3v) is 2.15. The third-order valence-electron chi connectivity index (χ3n) is 2.15. The molecule has 5 nitrogen and oxygen atoms in total. The molecule has 0 spiro atoms. The molecule has 0 saturated heterocycles. The molecule has 0 fully saturated rings. The first kappa shape index (κ1) is 14.2. The summed E-state index contributed by atoms with van der Waals surface area (Å²) in [5.41, 5.74) is -0.242. The molecule has 1 rings (SSSR count). The van der Waals surface area contributed by atoms with Gasteiger partial charge in [0, 0.05) is 24.4 Å². The Balaban J connectivity index is 2.98. The molecule has 0 aliphatic rings. The molecular formula is C10H11F3N2O3. The number of halogens is 3. The van der Waals surface area contributed by atoms with Crippen LogP contribution in [0.5, 0.6) is 0 Å². The van der Waals surface area contributed by atoms with E-state index in [4.69, 9.17) is 5.11 Å². The average molecular weight is 264 g/mol. The van der Waals surface area contributed by atoms with Gasteiger partial charge in [-0.1, -0.05) is 6.07 Å². The molecule has 1 aromatic carbocycles. The number of rotatable bonds is 5. The van der Waals surface area contributed by atoms with Crippen molar-refractivity contribution in [3.63, 3.8) is 0 Å². The van der Waals surface area contributed by atoms with Crippen molar-refractivity contribution in [2.75, 3.05) is 24.6 Å². The van der Waals surface area contributed by atoms with Crippen LogP contribution >= 0.6 is 0 Å². The van der Waals surface area contributed by atoms with Crippen LogP contribution in [0.2, 0.25) is 0 Å². The Morgan fingerprint density at radius 1 is 1.39 bits per heavy atom. The number of benzene rings is 1. The standard InChI is InChI=1S/C10H11F3N2O3/c11-10(12,13)7-14(4-5-16)8-2-1-3-9(6-8)15(17)18/h1-3,6,16H,4-5,7H2. The number of anilines is 1. The fraction of sp³-hybridized carbons (Fsp3) is 0.400. The molecule has 0 aliphatic heterocycles. The summed E-state index contributed by atoms with van der Waals surface area (Å²) in [6, 6.07) is 4.86. The van der Waals surface area contributed by atoms with Gasteiger partial charge in [0.15, 0.2) is 0 Å². The highest BCUT2D eigenvalue weighted by Crippen LogP contribution is 2.24. The van der Waals surface area contributed by atoms with Gasteiger partial charge in [-0.15, -0.1) is 0 Å². The molecule has 0 aliphatic carbocycles. The molecular weight excluding hydrogens is 253 g/mol. The molecule has 0 unspecified atom stereocenters. The first-order chi connectivity index (χ1) is 8.33. The molecule has 0 heterocycles. The van der Waals surface area contributed by atoms with E-state index in [1.54, 1.807) is 0 Å². The Hall–Kier alpha value is -1.83. The highest BCUT2D eigenvalue weighted by Gasteiger charge is 2.31.